The highest BCUT2D eigenvalue weighted by Gasteiger charge is 2.44. The third kappa shape index (κ3) is 6.52. The van der Waals surface area contributed by atoms with Crippen molar-refractivity contribution in [2.75, 3.05) is 19.0 Å². The number of fused-ring (bicyclic) bond motifs is 2. The molecule has 2 aromatic rings. The molecule has 0 fully saturated rings. The van der Waals surface area contributed by atoms with Gasteiger partial charge in [-0.05, 0) is 97.1 Å². The molecule has 48 heavy (non-hydrogen) atoms. The van der Waals surface area contributed by atoms with Gasteiger partial charge in [-0.2, -0.15) is 9.48 Å². The number of carbonyl (C=O) groups excluding carboxylic acids is 2. The number of hydrogen-bond donors (Lipinski definition) is 0. The van der Waals surface area contributed by atoms with Crippen molar-refractivity contribution >= 4 is 29.3 Å². The Bertz CT molecular complexity index is 1780. The SMILES string of the molecule is CN1/C(=C/C=C2\CCC(/C=C/C3=[N+](C)c4ccccc4C3(C)C)=C2N(C(=O)OC(C)(C)C)C(=O)OC(C)(C)C)C(C)(C)c2ccccc21. The molecule has 0 bridgehead atoms. The highest BCUT2D eigenvalue weighted by atomic mass is 16.6. The minimum absolute atomic E-state index is 0.228. The number of nitrogens with zero attached hydrogens (tertiary/aromatic N) is 3. The summed E-state index contributed by atoms with van der Waals surface area (Å²) in [6, 6.07) is 16.9. The lowest BCUT2D eigenvalue weighted by atomic mass is 9.81. The fourth-order valence-corrected chi connectivity index (χ4v) is 7.16. The number of para-hydroxylation sites is 2. The summed E-state index contributed by atoms with van der Waals surface area (Å²) in [5.41, 5.74) is 7.26. The molecule has 7 heteroatoms. The molecule has 0 saturated carbocycles. The van der Waals surface area contributed by atoms with Gasteiger partial charge in [0.2, 0.25) is 5.69 Å². The van der Waals surface area contributed by atoms with Gasteiger partial charge in [0.15, 0.2) is 5.71 Å². The van der Waals surface area contributed by atoms with Crippen LogP contribution in [-0.2, 0) is 20.3 Å². The van der Waals surface area contributed by atoms with Gasteiger partial charge >= 0.3 is 12.2 Å². The summed E-state index contributed by atoms with van der Waals surface area (Å²) >= 11 is 0. The number of ether oxygens (including phenoxy) is 2. The molecule has 2 aliphatic heterocycles. The van der Waals surface area contributed by atoms with Gasteiger partial charge in [-0.25, -0.2) is 9.59 Å². The topological polar surface area (TPSA) is 62.1 Å². The van der Waals surface area contributed by atoms with E-state index in [0.29, 0.717) is 18.5 Å². The number of likely N-dealkylation sites (N-methyl/N-ethyl adjacent to an activating group) is 1. The molecule has 3 aliphatic rings. The number of allylic oxidation sites excluding steroid dienone is 7. The van der Waals surface area contributed by atoms with Crippen LogP contribution in [-0.4, -0.2) is 52.7 Å². The molecule has 254 valence electrons. The van der Waals surface area contributed by atoms with Crippen LogP contribution in [0.2, 0.25) is 0 Å². The van der Waals surface area contributed by atoms with Crippen molar-refractivity contribution in [3.05, 3.63) is 107 Å². The average Bonchev–Trinajstić information content (AvgIpc) is 3.51. The van der Waals surface area contributed by atoms with Crippen molar-refractivity contribution in [1.29, 1.82) is 0 Å². The predicted molar refractivity (Wildman–Crippen MR) is 194 cm³/mol. The van der Waals surface area contributed by atoms with E-state index >= 15 is 0 Å². The molecular formula is C41H52N3O4+. The normalized spacial score (nSPS) is 20.2. The molecular weight excluding hydrogens is 598 g/mol. The zero-order chi connectivity index (χ0) is 35.4. The monoisotopic (exact) mass is 650 g/mol. The molecule has 0 N–H and O–H groups in total. The molecule has 2 aromatic carbocycles. The number of imide groups is 1. The van der Waals surface area contributed by atoms with E-state index < -0.39 is 23.4 Å². The van der Waals surface area contributed by atoms with E-state index in [2.05, 4.69) is 124 Å². The summed E-state index contributed by atoms with van der Waals surface area (Å²) in [4.78, 5) is 31.3. The molecule has 0 saturated heterocycles. The van der Waals surface area contributed by atoms with Gasteiger partial charge < -0.3 is 14.4 Å². The van der Waals surface area contributed by atoms with Crippen LogP contribution in [0.5, 0.6) is 0 Å². The first-order valence-electron chi connectivity index (χ1n) is 16.9. The molecule has 5 rings (SSSR count). The molecule has 0 aromatic heterocycles. The van der Waals surface area contributed by atoms with Crippen molar-refractivity contribution in [1.82, 2.24) is 4.90 Å². The Balaban J connectivity index is 1.66. The zero-order valence-electron chi connectivity index (χ0n) is 30.8. The van der Waals surface area contributed by atoms with Crippen LogP contribution in [0.1, 0.15) is 93.2 Å². The van der Waals surface area contributed by atoms with Gasteiger partial charge in [0.25, 0.3) is 0 Å². The van der Waals surface area contributed by atoms with Crippen LogP contribution in [0.25, 0.3) is 0 Å². The molecule has 0 unspecified atom stereocenters. The van der Waals surface area contributed by atoms with Crippen LogP contribution in [0.3, 0.4) is 0 Å². The molecule has 1 aliphatic carbocycles. The first kappa shape index (κ1) is 34.9. The molecule has 7 nitrogen and oxygen atoms in total. The van der Waals surface area contributed by atoms with E-state index in [9.17, 15) is 9.59 Å². The maximum atomic E-state index is 14.0. The van der Waals surface area contributed by atoms with E-state index in [1.165, 1.54) is 22.5 Å². The second kappa shape index (κ2) is 12.2. The second-order valence-corrected chi connectivity index (χ2v) is 16.0. The Morgan fingerprint density at radius 3 is 1.92 bits per heavy atom. The van der Waals surface area contributed by atoms with Crippen molar-refractivity contribution in [2.24, 2.45) is 0 Å². The second-order valence-electron chi connectivity index (χ2n) is 16.0. The molecule has 2 heterocycles. The van der Waals surface area contributed by atoms with Crippen LogP contribution in [0.4, 0.5) is 21.0 Å². The van der Waals surface area contributed by atoms with E-state index in [0.717, 1.165) is 27.5 Å². The van der Waals surface area contributed by atoms with Crippen molar-refractivity contribution in [3.8, 4) is 0 Å². The van der Waals surface area contributed by atoms with Crippen LogP contribution >= 0.6 is 0 Å². The molecule has 0 spiro atoms. The Labute approximate surface area is 286 Å². The average molecular weight is 651 g/mol. The highest BCUT2D eigenvalue weighted by Crippen LogP contribution is 2.47. The summed E-state index contributed by atoms with van der Waals surface area (Å²) in [7, 11) is 4.17. The maximum Gasteiger partial charge on any atom is 0.424 e. The lowest BCUT2D eigenvalue weighted by Gasteiger charge is -2.30. The number of anilines is 1. The maximum absolute atomic E-state index is 14.0. The largest absolute Gasteiger partial charge is 0.443 e. The molecule has 0 radical (unpaired) electrons. The minimum Gasteiger partial charge on any atom is -0.443 e. The van der Waals surface area contributed by atoms with Crippen molar-refractivity contribution < 1.29 is 23.6 Å². The van der Waals surface area contributed by atoms with E-state index in [1.807, 2.05) is 0 Å². The van der Waals surface area contributed by atoms with Crippen molar-refractivity contribution in [3.63, 3.8) is 0 Å². The first-order chi connectivity index (χ1) is 22.2. The predicted octanol–water partition coefficient (Wildman–Crippen LogP) is 9.71. The number of rotatable bonds is 4. The number of benzene rings is 2. The summed E-state index contributed by atoms with van der Waals surface area (Å²) < 4.78 is 13.9. The quantitative estimate of drug-likeness (QED) is 0.308. The van der Waals surface area contributed by atoms with Gasteiger partial charge in [-0.15, -0.1) is 0 Å². The summed E-state index contributed by atoms with van der Waals surface area (Å²) in [5, 5.41) is 0. The summed E-state index contributed by atoms with van der Waals surface area (Å²) in [5.74, 6) is 0. The van der Waals surface area contributed by atoms with Gasteiger partial charge in [-0.3, -0.25) is 0 Å². The lowest BCUT2D eigenvalue weighted by molar-refractivity contribution is -0.401. The third-order valence-electron chi connectivity index (χ3n) is 9.41. The Morgan fingerprint density at radius 1 is 0.792 bits per heavy atom. The van der Waals surface area contributed by atoms with Gasteiger partial charge in [0, 0.05) is 41.6 Å². The van der Waals surface area contributed by atoms with E-state index in [4.69, 9.17) is 9.47 Å². The summed E-state index contributed by atoms with van der Waals surface area (Å²) in [6.07, 6.45) is 8.15. The highest BCUT2D eigenvalue weighted by molar-refractivity contribution is 6.03. The molecule has 0 atom stereocenters. The van der Waals surface area contributed by atoms with E-state index in [-0.39, 0.29) is 10.8 Å². The third-order valence-corrected chi connectivity index (χ3v) is 9.41. The first-order valence-corrected chi connectivity index (χ1v) is 16.9. The van der Waals surface area contributed by atoms with E-state index in [1.54, 1.807) is 41.5 Å². The smallest absolute Gasteiger partial charge is 0.424 e. The Kier molecular flexibility index (Phi) is 8.91. The van der Waals surface area contributed by atoms with Crippen LogP contribution in [0.15, 0.2) is 95.4 Å². The van der Waals surface area contributed by atoms with Gasteiger partial charge in [0.05, 0.1) is 11.1 Å². The minimum atomic E-state index is -0.820. The summed E-state index contributed by atoms with van der Waals surface area (Å²) in [6.45, 7) is 19.7. The Hall–Kier alpha value is -4.39. The van der Waals surface area contributed by atoms with Crippen LogP contribution in [0, 0.1) is 0 Å². The number of hydrogen-bond acceptors (Lipinski definition) is 5. The zero-order valence-corrected chi connectivity index (χ0v) is 30.8. The fourth-order valence-electron chi connectivity index (χ4n) is 7.16. The Morgan fingerprint density at radius 2 is 1.35 bits per heavy atom. The number of carbonyl (C=O) groups is 2. The fraction of sp³-hybridized carbons (Fsp3) is 0.439. The van der Waals surface area contributed by atoms with Crippen molar-refractivity contribution in [2.45, 2.75) is 104 Å². The lowest BCUT2D eigenvalue weighted by Crippen LogP contribution is -2.43. The van der Waals surface area contributed by atoms with Crippen LogP contribution < -0.4 is 4.90 Å². The standard InChI is InChI=1S/C41H52N3O4/c1-38(2,3)47-36(45)44(37(46)48-39(4,5)6)35-27(23-25-33-40(7,8)29-17-13-15-19-31(29)42(33)11)21-22-28(35)24-26-34-41(9,10)30-18-14-16-20-32(30)43(34)12/h13-20,23-26H,21-22H2,1-12H3/q+1. The van der Waals surface area contributed by atoms with Gasteiger partial charge in [0.1, 0.15) is 18.2 Å². The van der Waals surface area contributed by atoms with Gasteiger partial charge in [-0.1, -0.05) is 62.4 Å². The number of amides is 2. The molecule has 2 amide bonds.